The summed E-state index contributed by atoms with van der Waals surface area (Å²) < 4.78 is 0.913. The number of benzene rings is 1. The minimum atomic E-state index is -0.124. The van der Waals surface area contributed by atoms with E-state index in [1.807, 2.05) is 12.1 Å². The average molecular weight is 329 g/mol. The van der Waals surface area contributed by atoms with Crippen molar-refractivity contribution in [2.24, 2.45) is 5.92 Å². The average Bonchev–Trinajstić information content (AvgIpc) is 3.15. The van der Waals surface area contributed by atoms with Gasteiger partial charge in [0.2, 0.25) is 0 Å². The maximum atomic E-state index is 12.6. The molecule has 0 saturated heterocycles. The normalized spacial score (nSPS) is 16.2. The molecule has 4 rings (SSSR count). The number of fused-ring (bicyclic) bond motifs is 3. The van der Waals surface area contributed by atoms with Gasteiger partial charge >= 0.3 is 0 Å². The maximum Gasteiger partial charge on any atom is 0.272 e. The first-order chi connectivity index (χ1) is 11.2. The predicted molar refractivity (Wildman–Crippen MR) is 92.6 cm³/mol. The van der Waals surface area contributed by atoms with Crippen LogP contribution in [-0.2, 0) is 0 Å². The summed E-state index contributed by atoms with van der Waals surface area (Å²) in [6.45, 7) is 0.730. The minimum absolute atomic E-state index is 0.124. The molecule has 0 bridgehead atoms. The Bertz CT molecular complexity index is 862. The molecule has 6 nitrogen and oxygen atoms in total. The lowest BCUT2D eigenvalue weighted by Crippen LogP contribution is -2.30. The summed E-state index contributed by atoms with van der Waals surface area (Å²) in [6.07, 6.45) is 6.27. The molecule has 0 spiro atoms. The topological polar surface area (TPSA) is 96.7 Å². The molecule has 0 radical (unpaired) electrons. The summed E-state index contributed by atoms with van der Waals surface area (Å²) in [5, 5.41) is 11.5. The van der Waals surface area contributed by atoms with Crippen LogP contribution in [0.2, 0.25) is 0 Å². The highest BCUT2D eigenvalue weighted by Crippen LogP contribution is 2.32. The second-order valence-corrected chi connectivity index (χ2v) is 7.21. The molecule has 1 fully saturated rings. The maximum absolute atomic E-state index is 12.6. The monoisotopic (exact) mass is 329 g/mol. The van der Waals surface area contributed by atoms with Gasteiger partial charge in [-0.15, -0.1) is 0 Å². The summed E-state index contributed by atoms with van der Waals surface area (Å²) in [5.74, 6) is 0.471. The van der Waals surface area contributed by atoms with Crippen molar-refractivity contribution in [2.45, 2.75) is 32.1 Å². The van der Waals surface area contributed by atoms with Crippen LogP contribution in [-0.4, -0.2) is 27.6 Å². The lowest BCUT2D eigenvalue weighted by molar-refractivity contribution is 0.0940. The molecule has 2 aromatic heterocycles. The molecule has 2 heterocycles. The number of nitrogens with one attached hydrogen (secondary N) is 2. The highest BCUT2D eigenvalue weighted by molar-refractivity contribution is 7.23. The van der Waals surface area contributed by atoms with Crippen molar-refractivity contribution in [1.29, 1.82) is 0 Å². The van der Waals surface area contributed by atoms with Gasteiger partial charge in [-0.3, -0.25) is 9.89 Å². The van der Waals surface area contributed by atoms with E-state index in [0.29, 0.717) is 16.7 Å². The number of nitrogens with zero attached hydrogens (tertiary/aromatic N) is 2. The third-order valence-corrected chi connectivity index (χ3v) is 5.51. The van der Waals surface area contributed by atoms with Crippen LogP contribution >= 0.6 is 11.3 Å². The van der Waals surface area contributed by atoms with Crippen LogP contribution in [0.5, 0.6) is 0 Å². The molecule has 4 N–H and O–H groups in total. The number of carbonyl (C=O) groups is 1. The molecule has 0 atom stereocenters. The second-order valence-electron chi connectivity index (χ2n) is 6.17. The Morgan fingerprint density at radius 1 is 1.35 bits per heavy atom. The molecule has 7 heteroatoms. The van der Waals surface area contributed by atoms with Crippen molar-refractivity contribution in [3.05, 3.63) is 17.8 Å². The number of anilines is 1. The molecule has 3 aromatic rings. The van der Waals surface area contributed by atoms with Gasteiger partial charge < -0.3 is 11.1 Å². The zero-order chi connectivity index (χ0) is 15.8. The number of H-pyrrole nitrogens is 1. The molecule has 1 aliphatic carbocycles. The molecule has 0 unspecified atom stereocenters. The van der Waals surface area contributed by atoms with Crippen LogP contribution in [0.15, 0.2) is 12.1 Å². The van der Waals surface area contributed by atoms with Crippen LogP contribution < -0.4 is 11.1 Å². The second kappa shape index (κ2) is 5.81. The quantitative estimate of drug-likeness (QED) is 0.688. The Kier molecular flexibility index (Phi) is 3.65. The van der Waals surface area contributed by atoms with Crippen LogP contribution in [0.25, 0.3) is 21.1 Å². The van der Waals surface area contributed by atoms with Crippen LogP contribution in [0.4, 0.5) is 5.13 Å². The van der Waals surface area contributed by atoms with Crippen molar-refractivity contribution in [2.75, 3.05) is 12.3 Å². The van der Waals surface area contributed by atoms with E-state index in [2.05, 4.69) is 20.5 Å². The number of rotatable bonds is 3. The SMILES string of the molecule is Nc1nc2ccc3[nH]nc(C(=O)NCC4CCCCC4)c3c2s1. The van der Waals surface area contributed by atoms with Gasteiger partial charge in [0.05, 0.1) is 21.1 Å². The highest BCUT2D eigenvalue weighted by Gasteiger charge is 2.20. The van der Waals surface area contributed by atoms with Crippen LogP contribution in [0, 0.1) is 5.92 Å². The van der Waals surface area contributed by atoms with E-state index >= 15 is 0 Å². The number of hydrogen-bond donors (Lipinski definition) is 3. The van der Waals surface area contributed by atoms with E-state index in [-0.39, 0.29) is 5.91 Å². The number of aromatic amines is 1. The van der Waals surface area contributed by atoms with Crippen molar-refractivity contribution in [3.63, 3.8) is 0 Å². The van der Waals surface area contributed by atoms with Crippen molar-refractivity contribution in [1.82, 2.24) is 20.5 Å². The lowest BCUT2D eigenvalue weighted by atomic mass is 9.89. The number of hydrogen-bond acceptors (Lipinski definition) is 5. The number of amides is 1. The van der Waals surface area contributed by atoms with Gasteiger partial charge in [-0.1, -0.05) is 30.6 Å². The van der Waals surface area contributed by atoms with Crippen molar-refractivity contribution >= 4 is 43.5 Å². The number of nitrogen functional groups attached to an aromatic ring is 1. The fourth-order valence-electron chi connectivity index (χ4n) is 3.39. The Hall–Kier alpha value is -2.15. The third kappa shape index (κ3) is 2.65. The van der Waals surface area contributed by atoms with Gasteiger partial charge in [0.25, 0.3) is 5.91 Å². The van der Waals surface area contributed by atoms with Crippen LogP contribution in [0.3, 0.4) is 0 Å². The summed E-state index contributed by atoms with van der Waals surface area (Å²) in [4.78, 5) is 16.9. The minimum Gasteiger partial charge on any atom is -0.375 e. The molecule has 1 amide bonds. The fraction of sp³-hybridized carbons (Fsp3) is 0.438. The van der Waals surface area contributed by atoms with Gasteiger partial charge in [-0.05, 0) is 30.9 Å². The molecule has 120 valence electrons. The Balaban J connectivity index is 1.62. The van der Waals surface area contributed by atoms with Gasteiger partial charge in [0.15, 0.2) is 10.8 Å². The predicted octanol–water partition coefficient (Wildman–Crippen LogP) is 3.06. The van der Waals surface area contributed by atoms with Gasteiger partial charge in [-0.25, -0.2) is 4.98 Å². The first-order valence-electron chi connectivity index (χ1n) is 8.03. The summed E-state index contributed by atoms with van der Waals surface area (Å²) in [6, 6.07) is 3.79. The van der Waals surface area contributed by atoms with E-state index in [0.717, 1.165) is 27.7 Å². The molecule has 1 aromatic carbocycles. The molecular formula is C16H19N5OS. The zero-order valence-electron chi connectivity index (χ0n) is 12.8. The lowest BCUT2D eigenvalue weighted by Gasteiger charge is -2.21. The Labute approximate surface area is 137 Å². The van der Waals surface area contributed by atoms with Gasteiger partial charge in [-0.2, -0.15) is 5.10 Å². The number of nitrogens with two attached hydrogens (primary N) is 1. The van der Waals surface area contributed by atoms with Crippen molar-refractivity contribution in [3.8, 4) is 0 Å². The van der Waals surface area contributed by atoms with Crippen molar-refractivity contribution < 1.29 is 4.79 Å². The van der Waals surface area contributed by atoms with E-state index in [1.54, 1.807) is 0 Å². The van der Waals surface area contributed by atoms with E-state index in [1.165, 1.54) is 43.4 Å². The molecule has 23 heavy (non-hydrogen) atoms. The molecule has 0 aliphatic heterocycles. The number of carbonyl (C=O) groups excluding carboxylic acids is 1. The van der Waals surface area contributed by atoms with Gasteiger partial charge in [0, 0.05) is 6.54 Å². The third-order valence-electron chi connectivity index (χ3n) is 4.59. The molecule has 1 aliphatic rings. The molecular weight excluding hydrogens is 310 g/mol. The zero-order valence-corrected chi connectivity index (χ0v) is 13.6. The molecule has 1 saturated carbocycles. The number of aromatic nitrogens is 3. The largest absolute Gasteiger partial charge is 0.375 e. The first-order valence-corrected chi connectivity index (χ1v) is 8.85. The number of thiazole rings is 1. The van der Waals surface area contributed by atoms with E-state index < -0.39 is 0 Å². The van der Waals surface area contributed by atoms with Crippen LogP contribution in [0.1, 0.15) is 42.6 Å². The highest BCUT2D eigenvalue weighted by atomic mass is 32.1. The Morgan fingerprint density at radius 2 is 2.17 bits per heavy atom. The Morgan fingerprint density at radius 3 is 3.00 bits per heavy atom. The smallest absolute Gasteiger partial charge is 0.272 e. The summed E-state index contributed by atoms with van der Waals surface area (Å²) in [5.41, 5.74) is 7.89. The van der Waals surface area contributed by atoms with Gasteiger partial charge in [0.1, 0.15) is 0 Å². The fourth-order valence-corrected chi connectivity index (χ4v) is 4.27. The van der Waals surface area contributed by atoms with E-state index in [4.69, 9.17) is 5.73 Å². The first kappa shape index (κ1) is 14.4. The summed E-state index contributed by atoms with van der Waals surface area (Å²) in [7, 11) is 0. The van der Waals surface area contributed by atoms with E-state index in [9.17, 15) is 4.79 Å². The summed E-state index contributed by atoms with van der Waals surface area (Å²) >= 11 is 1.39. The standard InChI is InChI=1S/C16H19N5OS/c17-16-19-11-7-6-10-12(14(11)23-16)13(21-20-10)15(22)18-8-9-4-2-1-3-5-9/h6-7,9H,1-5,8H2,(H2,17,19)(H,18,22)(H,20,21).